The molecule has 0 aromatic heterocycles. The smallest absolute Gasteiger partial charge is 0.224 e. The zero-order chi connectivity index (χ0) is 18.1. The van der Waals surface area contributed by atoms with Crippen LogP contribution in [0.5, 0.6) is 5.75 Å². The van der Waals surface area contributed by atoms with E-state index in [1.807, 2.05) is 24.3 Å². The number of aliphatic imine (C=N–C) groups is 1. The van der Waals surface area contributed by atoms with Crippen LogP contribution in [0.15, 0.2) is 53.5 Å². The molecule has 2 aromatic carbocycles. The topological polar surface area (TPSA) is 88.7 Å². The van der Waals surface area contributed by atoms with Gasteiger partial charge < -0.3 is 21.1 Å². The summed E-state index contributed by atoms with van der Waals surface area (Å²) in [7, 11) is 1.57. The van der Waals surface area contributed by atoms with Crippen molar-refractivity contribution in [2.45, 2.75) is 6.42 Å². The SMILES string of the molecule is COc1ccccc1NC(N)=NCCNC(=O)Cc1ccc(F)cc1.I. The standard InChI is InChI=1S/C18H21FN4O2.HI/c1-25-16-5-3-2-4-15(16)23-18(20)22-11-10-21-17(24)12-13-6-8-14(19)9-7-13;/h2-9H,10-12H2,1H3,(H,21,24)(H3,20,22,23);1H. The lowest BCUT2D eigenvalue weighted by Gasteiger charge is -2.10. The normalized spacial score (nSPS) is 10.6. The Labute approximate surface area is 169 Å². The summed E-state index contributed by atoms with van der Waals surface area (Å²) in [4.78, 5) is 15.9. The Hall–Kier alpha value is -2.36. The van der Waals surface area contributed by atoms with Gasteiger partial charge in [-0.05, 0) is 29.8 Å². The molecule has 0 unspecified atom stereocenters. The first-order valence-corrected chi connectivity index (χ1v) is 7.79. The molecular weight excluding hydrogens is 450 g/mol. The van der Waals surface area contributed by atoms with Crippen molar-refractivity contribution in [3.63, 3.8) is 0 Å². The predicted molar refractivity (Wildman–Crippen MR) is 112 cm³/mol. The average molecular weight is 472 g/mol. The maximum atomic E-state index is 12.8. The van der Waals surface area contributed by atoms with Gasteiger partial charge in [0.1, 0.15) is 11.6 Å². The van der Waals surface area contributed by atoms with Crippen molar-refractivity contribution in [2.75, 3.05) is 25.5 Å². The van der Waals surface area contributed by atoms with Crippen LogP contribution in [-0.4, -0.2) is 32.1 Å². The van der Waals surface area contributed by atoms with Gasteiger partial charge in [-0.15, -0.1) is 24.0 Å². The van der Waals surface area contributed by atoms with Crippen LogP contribution in [0.4, 0.5) is 10.1 Å². The third kappa shape index (κ3) is 7.26. The molecule has 0 aliphatic rings. The summed E-state index contributed by atoms with van der Waals surface area (Å²) < 4.78 is 18.0. The van der Waals surface area contributed by atoms with E-state index in [4.69, 9.17) is 10.5 Å². The Morgan fingerprint density at radius 3 is 2.58 bits per heavy atom. The molecule has 26 heavy (non-hydrogen) atoms. The number of hydrogen-bond donors (Lipinski definition) is 3. The Morgan fingerprint density at radius 1 is 1.19 bits per heavy atom. The minimum Gasteiger partial charge on any atom is -0.495 e. The maximum absolute atomic E-state index is 12.8. The maximum Gasteiger partial charge on any atom is 0.224 e. The highest BCUT2D eigenvalue weighted by Crippen LogP contribution is 2.22. The van der Waals surface area contributed by atoms with Crippen LogP contribution < -0.4 is 21.1 Å². The second-order valence-corrected chi connectivity index (χ2v) is 5.25. The summed E-state index contributed by atoms with van der Waals surface area (Å²) >= 11 is 0. The molecule has 2 aromatic rings. The Bertz CT molecular complexity index is 738. The van der Waals surface area contributed by atoms with Gasteiger partial charge in [0.15, 0.2) is 5.96 Å². The van der Waals surface area contributed by atoms with Crippen LogP contribution >= 0.6 is 24.0 Å². The van der Waals surface area contributed by atoms with Crippen LogP contribution in [0.3, 0.4) is 0 Å². The summed E-state index contributed by atoms with van der Waals surface area (Å²) in [6.45, 7) is 0.692. The quantitative estimate of drug-likeness (QED) is 0.250. The van der Waals surface area contributed by atoms with E-state index >= 15 is 0 Å². The number of guanidine groups is 1. The number of carbonyl (C=O) groups is 1. The monoisotopic (exact) mass is 472 g/mol. The van der Waals surface area contributed by atoms with E-state index in [1.165, 1.54) is 12.1 Å². The number of benzene rings is 2. The van der Waals surface area contributed by atoms with Crippen LogP contribution in [0.2, 0.25) is 0 Å². The number of anilines is 1. The number of rotatable bonds is 7. The van der Waals surface area contributed by atoms with E-state index in [1.54, 1.807) is 19.2 Å². The predicted octanol–water partition coefficient (Wildman–Crippen LogP) is 2.54. The first kappa shape index (κ1) is 21.7. The average Bonchev–Trinajstić information content (AvgIpc) is 2.61. The van der Waals surface area contributed by atoms with Crippen molar-refractivity contribution >= 4 is 41.5 Å². The lowest BCUT2D eigenvalue weighted by molar-refractivity contribution is -0.120. The highest BCUT2D eigenvalue weighted by molar-refractivity contribution is 14.0. The van der Waals surface area contributed by atoms with E-state index in [9.17, 15) is 9.18 Å². The van der Waals surface area contributed by atoms with Crippen molar-refractivity contribution < 1.29 is 13.9 Å². The lowest BCUT2D eigenvalue weighted by atomic mass is 10.1. The number of nitrogens with two attached hydrogens (primary N) is 1. The Balaban J connectivity index is 0.00000338. The molecule has 0 heterocycles. The van der Waals surface area contributed by atoms with Crippen molar-refractivity contribution in [1.29, 1.82) is 0 Å². The number of para-hydroxylation sites is 2. The molecule has 0 bridgehead atoms. The van der Waals surface area contributed by atoms with E-state index in [2.05, 4.69) is 15.6 Å². The third-order valence-corrected chi connectivity index (χ3v) is 3.36. The van der Waals surface area contributed by atoms with Gasteiger partial charge in [0.2, 0.25) is 5.91 Å². The fourth-order valence-electron chi connectivity index (χ4n) is 2.15. The van der Waals surface area contributed by atoms with Gasteiger partial charge >= 0.3 is 0 Å². The van der Waals surface area contributed by atoms with Gasteiger partial charge in [-0.1, -0.05) is 24.3 Å². The van der Waals surface area contributed by atoms with Gasteiger partial charge in [0, 0.05) is 6.54 Å². The minimum absolute atomic E-state index is 0. The highest BCUT2D eigenvalue weighted by atomic mass is 127. The molecule has 140 valence electrons. The van der Waals surface area contributed by atoms with Gasteiger partial charge in [-0.3, -0.25) is 9.79 Å². The van der Waals surface area contributed by atoms with E-state index < -0.39 is 0 Å². The molecule has 0 saturated carbocycles. The number of amides is 1. The fourth-order valence-corrected chi connectivity index (χ4v) is 2.15. The molecule has 0 spiro atoms. The second-order valence-electron chi connectivity index (χ2n) is 5.25. The van der Waals surface area contributed by atoms with E-state index in [0.717, 1.165) is 5.56 Å². The molecule has 6 nitrogen and oxygen atoms in total. The number of halogens is 2. The van der Waals surface area contributed by atoms with Gasteiger partial charge in [-0.2, -0.15) is 0 Å². The molecule has 0 atom stereocenters. The fraction of sp³-hybridized carbons (Fsp3) is 0.222. The van der Waals surface area contributed by atoms with Crippen LogP contribution in [0.25, 0.3) is 0 Å². The number of ether oxygens (including phenoxy) is 1. The van der Waals surface area contributed by atoms with Crippen molar-refractivity contribution in [3.05, 3.63) is 59.9 Å². The Kier molecular flexibility index (Phi) is 9.42. The minimum atomic E-state index is -0.323. The van der Waals surface area contributed by atoms with Crippen molar-refractivity contribution in [1.82, 2.24) is 5.32 Å². The summed E-state index contributed by atoms with van der Waals surface area (Å²) in [6, 6.07) is 13.2. The zero-order valence-electron chi connectivity index (χ0n) is 14.4. The van der Waals surface area contributed by atoms with Crippen LogP contribution in [0.1, 0.15) is 5.56 Å². The first-order chi connectivity index (χ1) is 12.1. The molecule has 0 aliphatic heterocycles. The van der Waals surface area contributed by atoms with Crippen molar-refractivity contribution in [3.8, 4) is 5.75 Å². The molecule has 1 amide bonds. The number of nitrogens with zero attached hydrogens (tertiary/aromatic N) is 1. The first-order valence-electron chi connectivity index (χ1n) is 7.79. The number of hydrogen-bond acceptors (Lipinski definition) is 3. The summed E-state index contributed by atoms with van der Waals surface area (Å²) in [5.74, 6) is 0.417. The van der Waals surface area contributed by atoms with E-state index in [-0.39, 0.29) is 48.1 Å². The molecule has 0 radical (unpaired) electrons. The van der Waals surface area contributed by atoms with Crippen LogP contribution in [0, 0.1) is 5.82 Å². The van der Waals surface area contributed by atoms with Gasteiger partial charge in [0.25, 0.3) is 0 Å². The Morgan fingerprint density at radius 2 is 1.88 bits per heavy atom. The highest BCUT2D eigenvalue weighted by Gasteiger charge is 2.04. The molecule has 8 heteroatoms. The molecule has 0 saturated heterocycles. The summed E-state index contributed by atoms with van der Waals surface area (Å²) in [5.41, 5.74) is 7.28. The molecule has 2 rings (SSSR count). The van der Waals surface area contributed by atoms with Crippen LogP contribution in [-0.2, 0) is 11.2 Å². The molecule has 0 fully saturated rings. The molecular formula is C18H22FIN4O2. The van der Waals surface area contributed by atoms with Gasteiger partial charge in [0.05, 0.1) is 25.8 Å². The number of methoxy groups -OCH3 is 1. The lowest BCUT2D eigenvalue weighted by Crippen LogP contribution is -2.29. The number of nitrogens with one attached hydrogen (secondary N) is 2. The summed E-state index contributed by atoms with van der Waals surface area (Å²) in [6.07, 6.45) is 0.193. The third-order valence-electron chi connectivity index (χ3n) is 3.36. The molecule has 4 N–H and O–H groups in total. The largest absolute Gasteiger partial charge is 0.495 e. The van der Waals surface area contributed by atoms with Crippen molar-refractivity contribution in [2.24, 2.45) is 10.7 Å². The zero-order valence-corrected chi connectivity index (χ0v) is 16.7. The van der Waals surface area contributed by atoms with Gasteiger partial charge in [-0.25, -0.2) is 4.39 Å². The molecule has 0 aliphatic carbocycles. The second kappa shape index (κ2) is 11.3. The number of carbonyl (C=O) groups excluding carboxylic acids is 1. The van der Waals surface area contributed by atoms with E-state index in [0.29, 0.717) is 24.5 Å². The summed E-state index contributed by atoms with van der Waals surface area (Å²) in [5, 5.41) is 5.69.